The molecule has 0 unspecified atom stereocenters. The Morgan fingerprint density at radius 2 is 1.85 bits per heavy atom. The molecule has 2 aromatic heterocycles. The van der Waals surface area contributed by atoms with Gasteiger partial charge in [-0.05, 0) is 27.7 Å². The largest absolute Gasteiger partial charge is 0.462 e. The first-order valence-electron chi connectivity index (χ1n) is 7.95. The van der Waals surface area contributed by atoms with Crippen LogP contribution in [0.5, 0.6) is 0 Å². The van der Waals surface area contributed by atoms with Crippen LogP contribution in [0.15, 0.2) is 10.6 Å². The van der Waals surface area contributed by atoms with Gasteiger partial charge >= 0.3 is 11.9 Å². The maximum absolute atomic E-state index is 12.2. The number of aryl methyl sites for hydroxylation is 2. The molecule has 2 rings (SSSR count). The molecule has 0 bridgehead atoms. The monoisotopic (exact) mass is 394 g/mol. The molecule has 0 atom stereocenters. The maximum Gasteiger partial charge on any atom is 0.350 e. The molecule has 144 valence electrons. The Bertz CT molecular complexity index is 897. The molecular weight excluding hydrogens is 376 g/mol. The third-order valence-electron chi connectivity index (χ3n) is 3.33. The van der Waals surface area contributed by atoms with Crippen molar-refractivity contribution >= 4 is 40.9 Å². The number of Topliss-reactive ketones (excluding diaryl/α,β-unsaturated/α-hetero) is 1. The van der Waals surface area contributed by atoms with Gasteiger partial charge in [-0.1, -0.05) is 0 Å². The summed E-state index contributed by atoms with van der Waals surface area (Å²) in [6, 6.07) is 0. The van der Waals surface area contributed by atoms with E-state index in [-0.39, 0.29) is 34.3 Å². The number of furan rings is 1. The van der Waals surface area contributed by atoms with Gasteiger partial charge in [-0.2, -0.15) is 0 Å². The van der Waals surface area contributed by atoms with Crippen LogP contribution < -0.4 is 5.32 Å². The van der Waals surface area contributed by atoms with Gasteiger partial charge in [0.2, 0.25) is 5.88 Å². The zero-order valence-corrected chi connectivity index (χ0v) is 16.0. The van der Waals surface area contributed by atoms with Crippen molar-refractivity contribution in [1.29, 1.82) is 0 Å². The molecule has 0 saturated heterocycles. The molecule has 0 radical (unpaired) electrons. The first kappa shape index (κ1) is 20.3. The van der Waals surface area contributed by atoms with Crippen LogP contribution in [0.25, 0.3) is 0 Å². The average molecular weight is 394 g/mol. The molecule has 10 heteroatoms. The number of hydrogen-bond donors (Lipinski definition) is 1. The highest BCUT2D eigenvalue weighted by molar-refractivity contribution is 7.13. The van der Waals surface area contributed by atoms with Gasteiger partial charge in [0, 0.05) is 0 Å². The second-order valence-corrected chi connectivity index (χ2v) is 6.62. The predicted octanol–water partition coefficient (Wildman–Crippen LogP) is 2.53. The number of thiazole rings is 1. The number of carbonyl (C=O) groups excluding carboxylic acids is 4. The van der Waals surface area contributed by atoms with Crippen molar-refractivity contribution in [2.75, 3.05) is 18.5 Å². The Kier molecular flexibility index (Phi) is 6.45. The highest BCUT2D eigenvalue weighted by atomic mass is 32.1. The smallest absolute Gasteiger partial charge is 0.350 e. The number of ether oxygens (including phenoxy) is 2. The Morgan fingerprint density at radius 1 is 1.15 bits per heavy atom. The predicted molar refractivity (Wildman–Crippen MR) is 95.2 cm³/mol. The first-order valence-corrected chi connectivity index (χ1v) is 8.77. The van der Waals surface area contributed by atoms with Gasteiger partial charge in [-0.25, -0.2) is 14.6 Å². The third-order valence-corrected chi connectivity index (χ3v) is 4.22. The molecular formula is C17H18N2O7S. The van der Waals surface area contributed by atoms with Crippen molar-refractivity contribution in [1.82, 2.24) is 4.98 Å². The summed E-state index contributed by atoms with van der Waals surface area (Å²) in [5.41, 5.74) is -0.138. The molecule has 27 heavy (non-hydrogen) atoms. The molecule has 9 nitrogen and oxygen atoms in total. The van der Waals surface area contributed by atoms with Crippen LogP contribution in [0.2, 0.25) is 0 Å². The number of nitrogens with one attached hydrogen (secondary N) is 1. The zero-order valence-electron chi connectivity index (χ0n) is 15.2. The Balaban J connectivity index is 2.12. The minimum Gasteiger partial charge on any atom is -0.462 e. The van der Waals surface area contributed by atoms with Gasteiger partial charge in [0.05, 0.1) is 23.4 Å². The fourth-order valence-corrected chi connectivity index (χ4v) is 2.95. The summed E-state index contributed by atoms with van der Waals surface area (Å²) in [6.07, 6.45) is 1.36. The van der Waals surface area contributed by atoms with Gasteiger partial charge < -0.3 is 13.9 Å². The van der Waals surface area contributed by atoms with Gasteiger partial charge in [-0.15, -0.1) is 11.3 Å². The lowest BCUT2D eigenvalue weighted by Crippen LogP contribution is -2.22. The summed E-state index contributed by atoms with van der Waals surface area (Å²) < 4.78 is 15.2. The molecule has 0 aliphatic heterocycles. The van der Waals surface area contributed by atoms with Gasteiger partial charge in [0.1, 0.15) is 16.2 Å². The fourth-order valence-electron chi connectivity index (χ4n) is 2.28. The van der Waals surface area contributed by atoms with Crippen LogP contribution in [-0.4, -0.2) is 41.8 Å². The molecule has 0 spiro atoms. The Hall–Kier alpha value is -3.01. The second-order valence-electron chi connectivity index (χ2n) is 5.38. The number of nitrogens with zero attached hydrogens (tertiary/aromatic N) is 1. The highest BCUT2D eigenvalue weighted by Gasteiger charge is 2.29. The molecule has 1 amide bonds. The van der Waals surface area contributed by atoms with E-state index in [0.29, 0.717) is 5.01 Å². The van der Waals surface area contributed by atoms with E-state index < -0.39 is 30.2 Å². The lowest BCUT2D eigenvalue weighted by atomic mass is 10.1. The summed E-state index contributed by atoms with van der Waals surface area (Å²) in [4.78, 5) is 52.1. The number of anilines is 1. The number of aromatic nitrogens is 1. The second kappa shape index (κ2) is 8.58. The number of hydrogen-bond acceptors (Lipinski definition) is 9. The first-order chi connectivity index (χ1) is 12.7. The molecule has 0 aliphatic rings. The van der Waals surface area contributed by atoms with Crippen molar-refractivity contribution in [3.8, 4) is 0 Å². The van der Waals surface area contributed by atoms with Gasteiger partial charge in [0.15, 0.2) is 12.4 Å². The minimum atomic E-state index is -0.799. The molecule has 0 aliphatic carbocycles. The van der Waals surface area contributed by atoms with E-state index in [1.165, 1.54) is 20.0 Å². The molecule has 1 N–H and O–H groups in total. The normalized spacial score (nSPS) is 10.4. The third kappa shape index (κ3) is 4.79. The van der Waals surface area contributed by atoms with Crippen LogP contribution in [0.3, 0.4) is 0 Å². The van der Waals surface area contributed by atoms with Crippen LogP contribution >= 0.6 is 11.3 Å². The van der Waals surface area contributed by atoms with Crippen LogP contribution in [0.1, 0.15) is 55.0 Å². The summed E-state index contributed by atoms with van der Waals surface area (Å²) in [6.45, 7) is 5.58. The molecule has 0 fully saturated rings. The van der Waals surface area contributed by atoms with Crippen LogP contribution in [0.4, 0.5) is 5.88 Å². The van der Waals surface area contributed by atoms with E-state index in [1.54, 1.807) is 13.8 Å². The van der Waals surface area contributed by atoms with E-state index >= 15 is 0 Å². The van der Waals surface area contributed by atoms with Gasteiger partial charge in [0.25, 0.3) is 5.91 Å². The van der Waals surface area contributed by atoms with Crippen LogP contribution in [-0.2, 0) is 14.3 Å². The Labute approximate surface area is 158 Å². The highest BCUT2D eigenvalue weighted by Crippen LogP contribution is 2.28. The molecule has 0 saturated carbocycles. The minimum absolute atomic E-state index is 0.0286. The average Bonchev–Trinajstić information content (AvgIpc) is 3.16. The van der Waals surface area contributed by atoms with Crippen molar-refractivity contribution in [2.45, 2.75) is 27.7 Å². The van der Waals surface area contributed by atoms with E-state index in [9.17, 15) is 19.2 Å². The van der Waals surface area contributed by atoms with E-state index in [0.717, 1.165) is 11.3 Å². The molecule has 2 heterocycles. The van der Waals surface area contributed by atoms with Crippen molar-refractivity contribution in [2.24, 2.45) is 0 Å². The fraction of sp³-hybridized carbons (Fsp3) is 0.353. The standard InChI is InChI=1S/C17H18N2O7S/c1-5-24-17(23)14-13(8(2)20)9(3)26-15(14)19-12(21)7-25-16(22)11-6-18-10(4)27-11/h6H,5,7H2,1-4H3,(H,19,21). The number of carbonyl (C=O) groups is 4. The Morgan fingerprint density at radius 3 is 2.41 bits per heavy atom. The van der Waals surface area contributed by atoms with E-state index in [4.69, 9.17) is 13.9 Å². The van der Waals surface area contributed by atoms with E-state index in [2.05, 4.69) is 10.3 Å². The van der Waals surface area contributed by atoms with E-state index in [1.807, 2.05) is 0 Å². The number of ketones is 1. The van der Waals surface area contributed by atoms with Crippen LogP contribution in [0, 0.1) is 13.8 Å². The molecule has 2 aromatic rings. The number of amides is 1. The summed E-state index contributed by atoms with van der Waals surface area (Å²) >= 11 is 1.14. The van der Waals surface area contributed by atoms with Crippen molar-refractivity contribution in [3.05, 3.63) is 33.0 Å². The quantitative estimate of drug-likeness (QED) is 0.561. The summed E-state index contributed by atoms with van der Waals surface area (Å²) in [5.74, 6) is -2.71. The number of esters is 2. The summed E-state index contributed by atoms with van der Waals surface area (Å²) in [5, 5.41) is 3.02. The van der Waals surface area contributed by atoms with Gasteiger partial charge in [-0.3, -0.25) is 14.9 Å². The lowest BCUT2D eigenvalue weighted by molar-refractivity contribution is -0.119. The maximum atomic E-state index is 12.2. The SMILES string of the molecule is CCOC(=O)c1c(NC(=O)COC(=O)c2cnc(C)s2)oc(C)c1C(C)=O. The van der Waals surface area contributed by atoms with Crippen molar-refractivity contribution in [3.63, 3.8) is 0 Å². The van der Waals surface area contributed by atoms with Crippen molar-refractivity contribution < 1.29 is 33.1 Å². The number of rotatable bonds is 7. The molecule has 0 aromatic carbocycles. The topological polar surface area (TPSA) is 125 Å². The zero-order chi connectivity index (χ0) is 20.1. The lowest BCUT2D eigenvalue weighted by Gasteiger charge is -2.06. The summed E-state index contributed by atoms with van der Waals surface area (Å²) in [7, 11) is 0.